The molecule has 142 heavy (non-hydrogen) atoms. The van der Waals surface area contributed by atoms with Gasteiger partial charge in [0, 0.05) is 103 Å². The van der Waals surface area contributed by atoms with E-state index in [4.69, 9.17) is 58.1 Å². The summed E-state index contributed by atoms with van der Waals surface area (Å²) in [5.74, 6) is 5.71. The number of fused-ring (bicyclic) bond motifs is 18. The summed E-state index contributed by atoms with van der Waals surface area (Å²) >= 11 is 1.85. The first kappa shape index (κ1) is 83.6. The molecule has 12 nitrogen and oxygen atoms in total. The molecule has 13 heteroatoms. The van der Waals surface area contributed by atoms with Gasteiger partial charge in [-0.05, 0) is 173 Å². The maximum Gasteiger partial charge on any atom is 0.164 e. The summed E-state index contributed by atoms with van der Waals surface area (Å²) in [6.45, 7) is 0. The summed E-state index contributed by atoms with van der Waals surface area (Å²) in [6.07, 6.45) is 0. The van der Waals surface area contributed by atoms with Crippen molar-refractivity contribution in [1.82, 2.24) is 44.9 Å². The lowest BCUT2D eigenvalue weighted by atomic mass is 9.93. The number of nitrogens with zero attached hydrogens (tertiary/aromatic N) is 9. The van der Waals surface area contributed by atoms with Crippen molar-refractivity contribution in [3.63, 3.8) is 0 Å². The SMILES string of the molecule is c1ccc(-c2ccc(-c3nc(-c4ccccc4)nc(-c4cccc(-c5ccc6c(ccc7oc8ccccc8c76)c5)c4)n3)cc2)cc1.c1ccc(-c2nc(-c3cccc(-c4cccc5ccc6sc7ccccc7c6c45)c3)nc(-c3ccc4c(c3)oc3ccccc34)n2)cc1.c1ccc(-c2nc(-c3ccccc3)nc(-c3cccc(-c4cccc(-c5cccc6c5ccc5oc7ccccc7c56)c4)c3)n2)cc1. The van der Waals surface area contributed by atoms with Gasteiger partial charge in [0.1, 0.15) is 33.5 Å². The van der Waals surface area contributed by atoms with Crippen LogP contribution in [0.15, 0.2) is 492 Å². The molecule has 0 amide bonds. The Morgan fingerprint density at radius 1 is 0.134 bits per heavy atom. The lowest BCUT2D eigenvalue weighted by Gasteiger charge is -2.12. The lowest BCUT2D eigenvalue weighted by Crippen LogP contribution is -2.00. The number of para-hydroxylation sites is 3. The normalized spacial score (nSPS) is 11.5. The third-order valence-electron chi connectivity index (χ3n) is 26.6. The molecule has 0 saturated carbocycles. The average Bonchev–Trinajstić information content (AvgIpc) is 1.55. The van der Waals surface area contributed by atoms with Crippen molar-refractivity contribution in [2.45, 2.75) is 0 Å². The summed E-state index contributed by atoms with van der Waals surface area (Å²) in [6, 6.07) is 166. The third-order valence-corrected chi connectivity index (χ3v) is 27.7. The second kappa shape index (κ2) is 35.9. The Hall–Kier alpha value is -19.0. The van der Waals surface area contributed by atoms with Gasteiger partial charge in [-0.2, -0.15) is 0 Å². The van der Waals surface area contributed by atoms with E-state index in [2.05, 4.69) is 303 Å². The van der Waals surface area contributed by atoms with Crippen molar-refractivity contribution in [3.8, 4) is 158 Å². The summed E-state index contributed by atoms with van der Waals surface area (Å²) in [5, 5.41) is 16.6. The molecule has 21 aromatic carbocycles. The smallest absolute Gasteiger partial charge is 0.164 e. The van der Waals surface area contributed by atoms with Crippen LogP contribution in [0.4, 0.5) is 0 Å². The molecule has 0 N–H and O–H groups in total. The van der Waals surface area contributed by atoms with E-state index in [9.17, 15) is 0 Å². The van der Waals surface area contributed by atoms with Gasteiger partial charge >= 0.3 is 0 Å². The highest BCUT2D eigenvalue weighted by Gasteiger charge is 2.23. The minimum Gasteiger partial charge on any atom is -0.456 e. The van der Waals surface area contributed by atoms with Gasteiger partial charge in [0.05, 0.1) is 0 Å². The molecule has 28 aromatic rings. The zero-order chi connectivity index (χ0) is 93.9. The highest BCUT2D eigenvalue weighted by atomic mass is 32.1. The van der Waals surface area contributed by atoms with Gasteiger partial charge in [-0.15, -0.1) is 11.3 Å². The minimum absolute atomic E-state index is 0.600. The fourth-order valence-electron chi connectivity index (χ4n) is 19.7. The predicted molar refractivity (Wildman–Crippen MR) is 583 cm³/mol. The number of aromatic nitrogens is 9. The van der Waals surface area contributed by atoms with Crippen molar-refractivity contribution in [3.05, 3.63) is 479 Å². The van der Waals surface area contributed by atoms with Gasteiger partial charge in [-0.1, -0.05) is 394 Å². The topological polar surface area (TPSA) is 155 Å². The van der Waals surface area contributed by atoms with Crippen LogP contribution in [0.1, 0.15) is 0 Å². The van der Waals surface area contributed by atoms with Crippen LogP contribution in [0.25, 0.3) is 276 Å². The van der Waals surface area contributed by atoms with E-state index in [0.29, 0.717) is 52.4 Å². The number of benzene rings is 21. The summed E-state index contributed by atoms with van der Waals surface area (Å²) in [7, 11) is 0. The van der Waals surface area contributed by atoms with E-state index < -0.39 is 0 Å². The quantitative estimate of drug-likeness (QED) is 0.102. The molecule has 0 fully saturated rings. The molecule has 0 radical (unpaired) electrons. The van der Waals surface area contributed by atoms with E-state index in [1.54, 1.807) is 0 Å². The Labute approximate surface area is 819 Å². The zero-order valence-electron chi connectivity index (χ0n) is 76.3. The van der Waals surface area contributed by atoms with Crippen LogP contribution < -0.4 is 0 Å². The van der Waals surface area contributed by atoms with Crippen LogP contribution in [-0.4, -0.2) is 44.9 Å². The molecule has 0 bridgehead atoms. The Morgan fingerprint density at radius 3 is 0.979 bits per heavy atom. The van der Waals surface area contributed by atoms with Crippen molar-refractivity contribution < 1.29 is 13.3 Å². The second-order valence-electron chi connectivity index (χ2n) is 35.3. The molecular weight excluding hydrogens is 1760 g/mol. The number of thiophene rings is 1. The van der Waals surface area contributed by atoms with Crippen LogP contribution in [0, 0.1) is 0 Å². The molecule has 0 unspecified atom stereocenters. The van der Waals surface area contributed by atoms with Crippen LogP contribution in [-0.2, 0) is 0 Å². The molecule has 28 rings (SSSR count). The summed E-state index contributed by atoms with van der Waals surface area (Å²) in [4.78, 5) is 44.7. The average molecular weight is 1840 g/mol. The number of furan rings is 3. The standard InChI is InChI=1S/C43H25N3OS.2C43H27N3O/c1-2-10-27(11-3-1)41-44-42(46-43(45-41)30-20-22-33-32-15-4-6-18-35(32)47-36(33)25-30)29-14-8-13-28(24-29)31-17-9-12-26-21-23-38-40(39(26)31)34-16-5-7-19-37(34)48-38;1-3-12-28(13-4-1)41-44-42(29-14-5-2-6-15-29)46-43(45-41)33-19-10-17-31(27-33)30-16-9-18-32(26-30)34-21-11-22-36-35(34)24-25-39-40(36)37-20-7-8-23-38(37)47-39;1-3-10-28(11-4-1)29-18-20-31(21-19-29)42-44-41(30-12-5-2-6-13-30)45-43(46-42)35-15-9-14-32(27-35)33-22-24-36-34(26-33)23-25-39-40(36)37-16-7-8-17-38(37)47-39/h1-25H;2*1-27H. The summed E-state index contributed by atoms with van der Waals surface area (Å²) < 4.78 is 21.1. The highest BCUT2D eigenvalue weighted by molar-refractivity contribution is 7.26. The minimum atomic E-state index is 0.600. The van der Waals surface area contributed by atoms with Gasteiger partial charge in [-0.3, -0.25) is 0 Å². The first-order valence-corrected chi connectivity index (χ1v) is 48.1. The van der Waals surface area contributed by atoms with E-state index in [0.717, 1.165) is 155 Å². The molecule has 664 valence electrons. The summed E-state index contributed by atoms with van der Waals surface area (Å²) in [5.41, 5.74) is 25.1. The van der Waals surface area contributed by atoms with E-state index in [-0.39, 0.29) is 0 Å². The number of hydrogen-bond donors (Lipinski definition) is 0. The molecule has 7 aromatic heterocycles. The maximum atomic E-state index is 6.23. The van der Waals surface area contributed by atoms with E-state index in [1.807, 2.05) is 187 Å². The second-order valence-corrected chi connectivity index (χ2v) is 36.4. The molecule has 7 heterocycles. The number of rotatable bonds is 14. The molecule has 0 spiro atoms. The van der Waals surface area contributed by atoms with Gasteiger partial charge in [0.15, 0.2) is 52.4 Å². The van der Waals surface area contributed by atoms with Crippen molar-refractivity contribution in [2.75, 3.05) is 0 Å². The maximum absolute atomic E-state index is 6.23. The van der Waals surface area contributed by atoms with Crippen molar-refractivity contribution in [2.24, 2.45) is 0 Å². The molecule has 0 aliphatic carbocycles. The van der Waals surface area contributed by atoms with Gasteiger partial charge < -0.3 is 13.3 Å². The van der Waals surface area contributed by atoms with Gasteiger partial charge in [-0.25, -0.2) is 44.9 Å². The number of hydrogen-bond acceptors (Lipinski definition) is 13. The largest absolute Gasteiger partial charge is 0.456 e. The molecular formula is C129H79N9O3S. The Morgan fingerprint density at radius 2 is 0.444 bits per heavy atom. The highest BCUT2D eigenvalue weighted by Crippen LogP contribution is 2.46. The van der Waals surface area contributed by atoms with E-state index >= 15 is 0 Å². The Bertz CT molecular complexity index is 9700. The first-order valence-electron chi connectivity index (χ1n) is 47.3. The van der Waals surface area contributed by atoms with Gasteiger partial charge in [0.25, 0.3) is 0 Å². The molecule has 0 aliphatic heterocycles. The molecule has 0 saturated heterocycles. The molecule has 0 atom stereocenters. The monoisotopic (exact) mass is 1830 g/mol. The third kappa shape index (κ3) is 15.8. The lowest BCUT2D eigenvalue weighted by molar-refractivity contribution is 0.668. The first-order chi connectivity index (χ1) is 70.3. The van der Waals surface area contributed by atoms with Crippen LogP contribution in [0.2, 0.25) is 0 Å². The van der Waals surface area contributed by atoms with Crippen molar-refractivity contribution in [1.29, 1.82) is 0 Å². The van der Waals surface area contributed by atoms with E-state index in [1.165, 1.54) is 69.2 Å². The zero-order valence-corrected chi connectivity index (χ0v) is 77.1. The fourth-order valence-corrected chi connectivity index (χ4v) is 20.8. The Balaban J connectivity index is 0.000000109. The fraction of sp³-hybridized carbons (Fsp3) is 0. The van der Waals surface area contributed by atoms with Crippen LogP contribution in [0.5, 0.6) is 0 Å². The van der Waals surface area contributed by atoms with Crippen molar-refractivity contribution >= 4 is 130 Å². The van der Waals surface area contributed by atoms with Crippen LogP contribution >= 0.6 is 11.3 Å². The Kier molecular flexibility index (Phi) is 21.2. The van der Waals surface area contributed by atoms with Gasteiger partial charge in [0.2, 0.25) is 0 Å². The molecule has 0 aliphatic rings. The predicted octanol–water partition coefficient (Wildman–Crippen LogP) is 34.5. The van der Waals surface area contributed by atoms with Crippen LogP contribution in [0.3, 0.4) is 0 Å².